The van der Waals surface area contributed by atoms with E-state index in [1.165, 1.54) is 12.1 Å². The minimum absolute atomic E-state index is 0.0747. The number of aryl methyl sites for hydroxylation is 1. The van der Waals surface area contributed by atoms with Gasteiger partial charge in [0.25, 0.3) is 5.69 Å². The van der Waals surface area contributed by atoms with Gasteiger partial charge >= 0.3 is 0 Å². The van der Waals surface area contributed by atoms with E-state index in [9.17, 15) is 10.1 Å². The Balaban J connectivity index is 2.41. The molecule has 0 amide bonds. The van der Waals surface area contributed by atoms with Crippen LogP contribution in [0, 0.1) is 17.0 Å². The molecule has 0 radical (unpaired) electrons. The maximum Gasteiger partial charge on any atom is 0.273 e. The van der Waals surface area contributed by atoms with Crippen LogP contribution in [-0.4, -0.2) is 17.3 Å². The van der Waals surface area contributed by atoms with Crippen LogP contribution in [0.15, 0.2) is 18.2 Å². The van der Waals surface area contributed by atoms with Gasteiger partial charge in [0, 0.05) is 6.07 Å². The second-order valence-corrected chi connectivity index (χ2v) is 4.64. The average molecular weight is 269 g/mol. The van der Waals surface area contributed by atoms with E-state index in [1.54, 1.807) is 6.07 Å². The molecule has 0 fully saturated rings. The molecule has 0 aromatic heterocycles. The highest BCUT2D eigenvalue weighted by Gasteiger charge is 2.09. The highest BCUT2D eigenvalue weighted by molar-refractivity contribution is 7.80. The fourth-order valence-electron chi connectivity index (χ4n) is 1.61. The number of non-ortho nitro benzene ring substituents is 1. The lowest BCUT2D eigenvalue weighted by atomic mass is 10.2. The minimum Gasteiger partial charge on any atom is -0.493 e. The highest BCUT2D eigenvalue weighted by atomic mass is 32.1. The minimum atomic E-state index is -0.404. The molecule has 0 aliphatic heterocycles. The molecule has 0 aliphatic rings. The molecule has 0 N–H and O–H groups in total. The summed E-state index contributed by atoms with van der Waals surface area (Å²) in [6.07, 6.45) is 4.35. The first-order valence-electron chi connectivity index (χ1n) is 6.14. The highest BCUT2D eigenvalue weighted by Crippen LogP contribution is 2.24. The summed E-state index contributed by atoms with van der Waals surface area (Å²) in [5, 5.41) is 10.7. The van der Waals surface area contributed by atoms with E-state index in [2.05, 4.69) is 12.6 Å². The van der Waals surface area contributed by atoms with Crippen molar-refractivity contribution in [1.82, 2.24) is 0 Å². The summed E-state index contributed by atoms with van der Waals surface area (Å²) in [5.74, 6) is 1.53. The Labute approximate surface area is 113 Å². The first-order valence-corrected chi connectivity index (χ1v) is 6.77. The van der Waals surface area contributed by atoms with Crippen molar-refractivity contribution in [2.45, 2.75) is 32.6 Å². The third-order valence-corrected chi connectivity index (χ3v) is 3.01. The van der Waals surface area contributed by atoms with E-state index in [-0.39, 0.29) is 5.69 Å². The molecule has 100 valence electrons. The lowest BCUT2D eigenvalue weighted by Crippen LogP contribution is -2.00. The molecule has 4 nitrogen and oxygen atoms in total. The zero-order chi connectivity index (χ0) is 13.4. The van der Waals surface area contributed by atoms with Crippen LogP contribution < -0.4 is 4.74 Å². The van der Waals surface area contributed by atoms with Crippen molar-refractivity contribution < 1.29 is 9.66 Å². The molecule has 0 heterocycles. The lowest BCUT2D eigenvalue weighted by Gasteiger charge is -2.08. The Morgan fingerprint density at radius 2 is 2.00 bits per heavy atom. The molecule has 0 saturated heterocycles. The fourth-order valence-corrected chi connectivity index (χ4v) is 1.83. The summed E-state index contributed by atoms with van der Waals surface area (Å²) >= 11 is 4.15. The smallest absolute Gasteiger partial charge is 0.273 e. The maximum atomic E-state index is 10.7. The van der Waals surface area contributed by atoms with Gasteiger partial charge in [0.1, 0.15) is 5.75 Å². The number of benzene rings is 1. The van der Waals surface area contributed by atoms with Crippen molar-refractivity contribution in [2.24, 2.45) is 0 Å². The van der Waals surface area contributed by atoms with E-state index in [4.69, 9.17) is 4.74 Å². The van der Waals surface area contributed by atoms with Gasteiger partial charge in [-0.15, -0.1) is 0 Å². The van der Waals surface area contributed by atoms with Crippen LogP contribution in [0.5, 0.6) is 5.75 Å². The zero-order valence-electron chi connectivity index (χ0n) is 10.6. The lowest BCUT2D eigenvalue weighted by molar-refractivity contribution is -0.384. The molecule has 0 spiro atoms. The number of unbranched alkanes of at least 4 members (excludes halogenated alkanes) is 3. The van der Waals surface area contributed by atoms with Gasteiger partial charge in [-0.3, -0.25) is 10.1 Å². The Bertz CT molecular complexity index is 396. The summed E-state index contributed by atoms with van der Waals surface area (Å²) in [6.45, 7) is 2.49. The number of nitro groups is 1. The molecule has 0 atom stereocenters. The van der Waals surface area contributed by atoms with E-state index in [1.807, 2.05) is 6.92 Å². The zero-order valence-corrected chi connectivity index (χ0v) is 11.5. The quantitative estimate of drug-likeness (QED) is 0.338. The van der Waals surface area contributed by atoms with Crippen molar-refractivity contribution in [3.05, 3.63) is 33.9 Å². The third-order valence-electron chi connectivity index (χ3n) is 2.69. The molecular formula is C13H19NO3S. The van der Waals surface area contributed by atoms with Gasteiger partial charge in [-0.1, -0.05) is 12.8 Å². The maximum absolute atomic E-state index is 10.7. The summed E-state index contributed by atoms with van der Waals surface area (Å²) in [7, 11) is 0. The second-order valence-electron chi connectivity index (χ2n) is 4.19. The molecule has 1 rings (SSSR count). The predicted octanol–water partition coefficient (Wildman–Crippen LogP) is 3.77. The third kappa shape index (κ3) is 4.96. The van der Waals surface area contributed by atoms with Gasteiger partial charge in [0.05, 0.1) is 17.6 Å². The molecular weight excluding hydrogens is 250 g/mol. The number of nitrogens with zero attached hydrogens (tertiary/aromatic N) is 1. The summed E-state index contributed by atoms with van der Waals surface area (Å²) < 4.78 is 5.58. The van der Waals surface area contributed by atoms with Gasteiger partial charge < -0.3 is 4.74 Å². The van der Waals surface area contributed by atoms with E-state index in [0.29, 0.717) is 12.4 Å². The van der Waals surface area contributed by atoms with Crippen LogP contribution >= 0.6 is 12.6 Å². The van der Waals surface area contributed by atoms with E-state index in [0.717, 1.165) is 37.0 Å². The SMILES string of the molecule is Cc1ccc([N+](=O)[O-])cc1OCCCCCCS. The Kier molecular flexibility index (Phi) is 6.57. The summed E-state index contributed by atoms with van der Waals surface area (Å²) in [6, 6.07) is 4.70. The first kappa shape index (κ1) is 14.8. The normalized spacial score (nSPS) is 10.3. The van der Waals surface area contributed by atoms with Gasteiger partial charge in [-0.2, -0.15) is 12.6 Å². The van der Waals surface area contributed by atoms with Crippen LogP contribution in [0.1, 0.15) is 31.2 Å². The number of rotatable bonds is 8. The second kappa shape index (κ2) is 7.97. The van der Waals surface area contributed by atoms with Gasteiger partial charge in [0.15, 0.2) is 0 Å². The fraction of sp³-hybridized carbons (Fsp3) is 0.538. The number of ether oxygens (including phenoxy) is 1. The van der Waals surface area contributed by atoms with Crippen LogP contribution in [0.25, 0.3) is 0 Å². The van der Waals surface area contributed by atoms with Crippen LogP contribution in [0.3, 0.4) is 0 Å². The molecule has 0 aliphatic carbocycles. The topological polar surface area (TPSA) is 52.4 Å². The molecule has 0 saturated carbocycles. The van der Waals surface area contributed by atoms with Crippen molar-refractivity contribution in [1.29, 1.82) is 0 Å². The van der Waals surface area contributed by atoms with Crippen molar-refractivity contribution in [3.8, 4) is 5.75 Å². The Hall–Kier alpha value is -1.23. The monoisotopic (exact) mass is 269 g/mol. The molecule has 0 unspecified atom stereocenters. The van der Waals surface area contributed by atoms with Crippen molar-refractivity contribution >= 4 is 18.3 Å². The summed E-state index contributed by atoms with van der Waals surface area (Å²) in [4.78, 5) is 10.3. The van der Waals surface area contributed by atoms with Crippen molar-refractivity contribution in [2.75, 3.05) is 12.4 Å². The number of hydrogen-bond donors (Lipinski definition) is 1. The Morgan fingerprint density at radius 3 is 2.67 bits per heavy atom. The van der Waals surface area contributed by atoms with E-state index >= 15 is 0 Å². The molecule has 18 heavy (non-hydrogen) atoms. The summed E-state index contributed by atoms with van der Waals surface area (Å²) in [5.41, 5.74) is 1.00. The van der Waals surface area contributed by atoms with Crippen LogP contribution in [0.4, 0.5) is 5.69 Å². The van der Waals surface area contributed by atoms with Gasteiger partial charge in [-0.25, -0.2) is 0 Å². The standard InChI is InChI=1S/C13H19NO3S/c1-11-6-7-12(14(15)16)10-13(11)17-8-4-2-3-5-9-18/h6-7,10,18H,2-5,8-9H2,1H3. The van der Waals surface area contributed by atoms with E-state index < -0.39 is 4.92 Å². The van der Waals surface area contributed by atoms with Crippen molar-refractivity contribution in [3.63, 3.8) is 0 Å². The number of thiol groups is 1. The largest absolute Gasteiger partial charge is 0.493 e. The predicted molar refractivity (Wildman–Crippen MR) is 75.6 cm³/mol. The average Bonchev–Trinajstić information content (AvgIpc) is 2.35. The van der Waals surface area contributed by atoms with Gasteiger partial charge in [0.2, 0.25) is 0 Å². The Morgan fingerprint density at radius 1 is 1.28 bits per heavy atom. The molecule has 1 aromatic rings. The van der Waals surface area contributed by atoms with Crippen LogP contribution in [-0.2, 0) is 0 Å². The van der Waals surface area contributed by atoms with Crippen LogP contribution in [0.2, 0.25) is 0 Å². The first-order chi connectivity index (χ1) is 8.65. The number of nitro benzene ring substituents is 1. The van der Waals surface area contributed by atoms with Gasteiger partial charge in [-0.05, 0) is 37.1 Å². The molecule has 0 bridgehead atoms. The number of hydrogen-bond acceptors (Lipinski definition) is 4. The molecule has 1 aromatic carbocycles. The molecule has 5 heteroatoms.